The van der Waals surface area contributed by atoms with E-state index in [1.165, 1.54) is 0 Å². The number of hydrogen-bond donors (Lipinski definition) is 2. The monoisotopic (exact) mass is 650 g/mol. The molecule has 2 amide bonds. The van der Waals surface area contributed by atoms with Crippen molar-refractivity contribution >= 4 is 56.1 Å². The summed E-state index contributed by atoms with van der Waals surface area (Å²) in [5, 5.41) is 8.11. The van der Waals surface area contributed by atoms with Gasteiger partial charge in [0.05, 0.1) is 25.6 Å². The minimum absolute atomic E-state index is 0.214. The minimum atomic E-state index is -0.214. The standard InChI is InChI=1S/C28H36Br2N4O4/c1-3-5-15-37-25-13-11-23(29)17-21(25)19-31-33-27(35)9-7-8-10-28(36)34-32-20-22-18-24(30)12-14-26(22)38-16-6-4-2/h11-14,17-20H,3-10,15-16H2,1-2H3,(H,33,35)(H,34,36)/b31-19+,32-20+. The van der Waals surface area contributed by atoms with E-state index in [1.54, 1.807) is 12.4 Å². The Bertz CT molecular complexity index is 1010. The van der Waals surface area contributed by atoms with E-state index in [9.17, 15) is 9.59 Å². The van der Waals surface area contributed by atoms with Gasteiger partial charge in [-0.25, -0.2) is 10.9 Å². The molecule has 0 saturated heterocycles. The summed E-state index contributed by atoms with van der Waals surface area (Å²) in [5.74, 6) is 1.00. The summed E-state index contributed by atoms with van der Waals surface area (Å²) in [6.07, 6.45) is 8.82. The molecular formula is C28H36Br2N4O4. The summed E-state index contributed by atoms with van der Waals surface area (Å²) in [6, 6.07) is 11.3. The van der Waals surface area contributed by atoms with Gasteiger partial charge in [-0.1, -0.05) is 58.5 Å². The molecule has 0 aliphatic rings. The Balaban J connectivity index is 1.71. The van der Waals surface area contributed by atoms with Crippen molar-refractivity contribution in [2.24, 2.45) is 10.2 Å². The van der Waals surface area contributed by atoms with Crippen LogP contribution in [0.25, 0.3) is 0 Å². The maximum atomic E-state index is 12.1. The molecule has 0 aromatic heterocycles. The average molecular weight is 652 g/mol. The van der Waals surface area contributed by atoms with Crippen molar-refractivity contribution in [2.75, 3.05) is 13.2 Å². The van der Waals surface area contributed by atoms with Crippen LogP contribution in [0.4, 0.5) is 0 Å². The molecule has 0 spiro atoms. The predicted octanol–water partition coefficient (Wildman–Crippen LogP) is 6.73. The summed E-state index contributed by atoms with van der Waals surface area (Å²) in [7, 11) is 0. The summed E-state index contributed by atoms with van der Waals surface area (Å²) in [4.78, 5) is 24.2. The number of nitrogens with zero attached hydrogens (tertiary/aromatic N) is 2. The van der Waals surface area contributed by atoms with Crippen molar-refractivity contribution < 1.29 is 19.1 Å². The van der Waals surface area contributed by atoms with Crippen molar-refractivity contribution in [2.45, 2.75) is 65.2 Å². The second kappa shape index (κ2) is 18.5. The smallest absolute Gasteiger partial charge is 0.240 e. The average Bonchev–Trinajstić information content (AvgIpc) is 2.89. The minimum Gasteiger partial charge on any atom is -0.493 e. The van der Waals surface area contributed by atoms with Crippen LogP contribution in [0, 0.1) is 0 Å². The molecule has 8 nitrogen and oxygen atoms in total. The van der Waals surface area contributed by atoms with Crippen molar-refractivity contribution in [1.82, 2.24) is 10.9 Å². The van der Waals surface area contributed by atoms with Gasteiger partial charge in [-0.3, -0.25) is 9.59 Å². The van der Waals surface area contributed by atoms with Crippen LogP contribution in [0.1, 0.15) is 76.3 Å². The van der Waals surface area contributed by atoms with E-state index in [0.29, 0.717) is 37.6 Å². The summed E-state index contributed by atoms with van der Waals surface area (Å²) in [6.45, 7) is 5.47. The first-order chi connectivity index (χ1) is 18.4. The number of benzene rings is 2. The molecule has 0 atom stereocenters. The van der Waals surface area contributed by atoms with E-state index >= 15 is 0 Å². The third kappa shape index (κ3) is 12.7. The predicted molar refractivity (Wildman–Crippen MR) is 159 cm³/mol. The Labute approximate surface area is 241 Å². The summed E-state index contributed by atoms with van der Waals surface area (Å²) >= 11 is 6.89. The lowest BCUT2D eigenvalue weighted by Gasteiger charge is -2.09. The lowest BCUT2D eigenvalue weighted by Crippen LogP contribution is -2.19. The van der Waals surface area contributed by atoms with Crippen LogP contribution in [0.3, 0.4) is 0 Å². The van der Waals surface area contributed by atoms with Crippen molar-refractivity contribution in [3.05, 3.63) is 56.5 Å². The molecule has 2 N–H and O–H groups in total. The highest BCUT2D eigenvalue weighted by Gasteiger charge is 2.06. The fourth-order valence-corrected chi connectivity index (χ4v) is 3.94. The molecule has 0 saturated carbocycles. The zero-order valence-corrected chi connectivity index (χ0v) is 25.1. The largest absolute Gasteiger partial charge is 0.493 e. The van der Waals surface area contributed by atoms with Gasteiger partial charge in [-0.15, -0.1) is 0 Å². The molecule has 2 aromatic carbocycles. The number of hydrazone groups is 2. The molecule has 10 heteroatoms. The Morgan fingerprint density at radius 3 is 1.55 bits per heavy atom. The Morgan fingerprint density at radius 1 is 0.737 bits per heavy atom. The Kier molecular flexibility index (Phi) is 15.3. The third-order valence-electron chi connectivity index (χ3n) is 5.30. The van der Waals surface area contributed by atoms with Gasteiger partial charge >= 0.3 is 0 Å². The number of unbranched alkanes of at least 4 members (excludes halogenated alkanes) is 3. The molecule has 206 valence electrons. The number of carbonyl (C=O) groups is 2. The number of amides is 2. The van der Waals surface area contributed by atoms with E-state index in [2.05, 4.69) is 66.8 Å². The molecule has 2 rings (SSSR count). The van der Waals surface area contributed by atoms with Crippen LogP contribution in [0.2, 0.25) is 0 Å². The second-order valence-electron chi connectivity index (χ2n) is 8.56. The summed E-state index contributed by atoms with van der Waals surface area (Å²) in [5.41, 5.74) is 6.61. The van der Waals surface area contributed by atoms with Crippen LogP contribution < -0.4 is 20.3 Å². The molecule has 2 aromatic rings. The van der Waals surface area contributed by atoms with Gasteiger partial charge in [-0.2, -0.15) is 10.2 Å². The third-order valence-corrected chi connectivity index (χ3v) is 6.28. The van der Waals surface area contributed by atoms with Crippen LogP contribution in [0.15, 0.2) is 55.5 Å². The topological polar surface area (TPSA) is 101 Å². The fourth-order valence-electron chi connectivity index (χ4n) is 3.19. The van der Waals surface area contributed by atoms with Gasteiger partial charge in [0.2, 0.25) is 11.8 Å². The number of ether oxygens (including phenoxy) is 2. The highest BCUT2D eigenvalue weighted by atomic mass is 79.9. The van der Waals surface area contributed by atoms with Crippen LogP contribution in [-0.2, 0) is 9.59 Å². The van der Waals surface area contributed by atoms with E-state index in [0.717, 1.165) is 45.8 Å². The van der Waals surface area contributed by atoms with Crippen molar-refractivity contribution in [1.29, 1.82) is 0 Å². The second-order valence-corrected chi connectivity index (χ2v) is 10.4. The van der Waals surface area contributed by atoms with Gasteiger partial charge in [0.1, 0.15) is 11.5 Å². The van der Waals surface area contributed by atoms with Gasteiger partial charge in [-0.05, 0) is 62.1 Å². The molecule has 0 heterocycles. The van der Waals surface area contributed by atoms with Crippen molar-refractivity contribution in [3.8, 4) is 11.5 Å². The zero-order chi connectivity index (χ0) is 27.6. The molecule has 0 aliphatic heterocycles. The van der Waals surface area contributed by atoms with Crippen LogP contribution in [-0.4, -0.2) is 37.5 Å². The number of rotatable bonds is 17. The molecule has 0 bridgehead atoms. The quantitative estimate of drug-likeness (QED) is 0.112. The Morgan fingerprint density at radius 2 is 1.16 bits per heavy atom. The molecule has 0 fully saturated rings. The molecule has 0 unspecified atom stereocenters. The van der Waals surface area contributed by atoms with Crippen LogP contribution in [0.5, 0.6) is 11.5 Å². The highest BCUT2D eigenvalue weighted by molar-refractivity contribution is 9.10. The van der Waals surface area contributed by atoms with Gasteiger partial charge in [0, 0.05) is 32.9 Å². The lowest BCUT2D eigenvalue weighted by molar-refractivity contribution is -0.123. The zero-order valence-electron chi connectivity index (χ0n) is 22.0. The van der Waals surface area contributed by atoms with E-state index in [4.69, 9.17) is 9.47 Å². The number of hydrogen-bond acceptors (Lipinski definition) is 6. The van der Waals surface area contributed by atoms with Crippen molar-refractivity contribution in [3.63, 3.8) is 0 Å². The normalized spacial score (nSPS) is 11.2. The Hall–Kier alpha value is -2.72. The molecule has 38 heavy (non-hydrogen) atoms. The molecule has 0 radical (unpaired) electrons. The number of carbonyl (C=O) groups excluding carboxylic acids is 2. The van der Waals surface area contributed by atoms with Gasteiger partial charge < -0.3 is 9.47 Å². The molecule has 0 aliphatic carbocycles. The molecular weight excluding hydrogens is 616 g/mol. The van der Waals surface area contributed by atoms with E-state index in [-0.39, 0.29) is 24.7 Å². The van der Waals surface area contributed by atoms with Gasteiger partial charge in [0.15, 0.2) is 0 Å². The SMILES string of the molecule is CCCCOc1ccc(Br)cc1/C=N/NC(=O)CCCCC(=O)N/N=C/c1cc(Br)ccc1OCCCC. The number of halogens is 2. The van der Waals surface area contributed by atoms with E-state index < -0.39 is 0 Å². The first kappa shape index (κ1) is 31.5. The van der Waals surface area contributed by atoms with Gasteiger partial charge in [0.25, 0.3) is 0 Å². The van der Waals surface area contributed by atoms with E-state index in [1.807, 2.05) is 36.4 Å². The maximum absolute atomic E-state index is 12.1. The number of nitrogens with one attached hydrogen (secondary N) is 2. The maximum Gasteiger partial charge on any atom is 0.240 e. The lowest BCUT2D eigenvalue weighted by atomic mass is 10.2. The first-order valence-electron chi connectivity index (χ1n) is 12.9. The van der Waals surface area contributed by atoms with Crippen LogP contribution >= 0.6 is 31.9 Å². The first-order valence-corrected chi connectivity index (χ1v) is 14.5. The fraction of sp³-hybridized carbons (Fsp3) is 0.429. The summed E-state index contributed by atoms with van der Waals surface area (Å²) < 4.78 is 13.4. The highest BCUT2D eigenvalue weighted by Crippen LogP contribution is 2.23.